The lowest BCUT2D eigenvalue weighted by molar-refractivity contribution is -0.0177. The Morgan fingerprint density at radius 3 is 2.60 bits per heavy atom. The highest BCUT2D eigenvalue weighted by molar-refractivity contribution is 6.07. The lowest BCUT2D eigenvalue weighted by Gasteiger charge is -2.36. The number of aliphatic hydroxyl groups is 1. The van der Waals surface area contributed by atoms with Crippen molar-refractivity contribution in [2.45, 2.75) is 64.8 Å². The second-order valence-corrected chi connectivity index (χ2v) is 14.0. The van der Waals surface area contributed by atoms with Gasteiger partial charge in [0.2, 0.25) is 6.79 Å². The van der Waals surface area contributed by atoms with Crippen LogP contribution in [0.2, 0.25) is 0 Å². The van der Waals surface area contributed by atoms with E-state index in [2.05, 4.69) is 29.5 Å². The van der Waals surface area contributed by atoms with Crippen LogP contribution in [0.3, 0.4) is 0 Å². The molecule has 2 heterocycles. The first-order chi connectivity index (χ1) is 25.2. The van der Waals surface area contributed by atoms with E-state index >= 15 is 0 Å². The number of rotatable bonds is 8. The van der Waals surface area contributed by atoms with E-state index in [1.165, 1.54) is 0 Å². The van der Waals surface area contributed by atoms with Crippen LogP contribution >= 0.6 is 0 Å². The molecule has 0 bridgehead atoms. The summed E-state index contributed by atoms with van der Waals surface area (Å²) in [6.45, 7) is 8.19. The van der Waals surface area contributed by atoms with E-state index < -0.39 is 12.1 Å². The molecule has 11 nitrogen and oxygen atoms in total. The van der Waals surface area contributed by atoms with Gasteiger partial charge >= 0.3 is 6.03 Å². The largest absolute Gasteiger partial charge is 0.490 e. The molecule has 2 aliphatic rings. The van der Waals surface area contributed by atoms with Crippen molar-refractivity contribution in [1.29, 1.82) is 0 Å². The first-order valence-corrected chi connectivity index (χ1v) is 18.2. The highest BCUT2D eigenvalue weighted by Crippen LogP contribution is 2.33. The van der Waals surface area contributed by atoms with Crippen molar-refractivity contribution in [3.8, 4) is 17.2 Å². The molecular weight excluding hydrogens is 660 g/mol. The van der Waals surface area contributed by atoms with Gasteiger partial charge in [-0.25, -0.2) is 4.79 Å². The Morgan fingerprint density at radius 1 is 0.962 bits per heavy atom. The Morgan fingerprint density at radius 2 is 1.75 bits per heavy atom. The number of amides is 3. The van der Waals surface area contributed by atoms with Gasteiger partial charge in [-0.15, -0.1) is 0 Å². The minimum absolute atomic E-state index is 0.0730. The number of benzene rings is 4. The van der Waals surface area contributed by atoms with Crippen LogP contribution in [0.15, 0.2) is 78.9 Å². The summed E-state index contributed by atoms with van der Waals surface area (Å²) >= 11 is 0. The Labute approximate surface area is 305 Å². The van der Waals surface area contributed by atoms with Crippen molar-refractivity contribution < 1.29 is 33.6 Å². The van der Waals surface area contributed by atoms with Crippen molar-refractivity contribution >= 4 is 34.1 Å². The van der Waals surface area contributed by atoms with E-state index in [4.69, 9.17) is 18.9 Å². The minimum Gasteiger partial charge on any atom is -0.490 e. The van der Waals surface area contributed by atoms with Crippen molar-refractivity contribution in [3.63, 3.8) is 0 Å². The lowest BCUT2D eigenvalue weighted by atomic mass is 10.0. The van der Waals surface area contributed by atoms with Gasteiger partial charge in [-0.1, -0.05) is 49.4 Å². The van der Waals surface area contributed by atoms with Gasteiger partial charge in [0.25, 0.3) is 5.91 Å². The molecule has 4 atom stereocenters. The van der Waals surface area contributed by atoms with Gasteiger partial charge in [0.05, 0.1) is 36.1 Å². The van der Waals surface area contributed by atoms with Gasteiger partial charge in [-0.2, -0.15) is 0 Å². The summed E-state index contributed by atoms with van der Waals surface area (Å²) in [5.41, 5.74) is 2.54. The number of hydrogen-bond donors (Lipinski definition) is 3. The first-order valence-electron chi connectivity index (χ1n) is 18.2. The molecule has 0 fully saturated rings. The normalized spacial score (nSPS) is 20.2. The van der Waals surface area contributed by atoms with Crippen molar-refractivity contribution in [2.24, 2.45) is 5.92 Å². The number of urea groups is 1. The predicted octanol–water partition coefficient (Wildman–Crippen LogP) is 7.14. The number of aliphatic hydroxyl groups excluding tert-OH is 1. The predicted molar refractivity (Wildman–Crippen MR) is 202 cm³/mol. The van der Waals surface area contributed by atoms with Crippen LogP contribution in [0.1, 0.15) is 56.0 Å². The third-order valence-corrected chi connectivity index (χ3v) is 9.73. The third kappa shape index (κ3) is 9.14. The molecule has 4 aromatic rings. The molecule has 0 spiro atoms. The summed E-state index contributed by atoms with van der Waals surface area (Å²) in [5.74, 6) is 1.58. The van der Waals surface area contributed by atoms with Crippen molar-refractivity contribution in [3.05, 3.63) is 90.0 Å². The lowest BCUT2D eigenvalue weighted by Crippen LogP contribution is -2.47. The number of carbonyl (C=O) groups is 2. The standard InChI is InChI=1S/C41H50N4O7/c1-27-22-45(28(2)25-46)40(47)34-21-32(42-41(48)43-35-14-9-12-31-11-5-6-13-33(31)35)16-18-36(34)52-29(3)10-7-8-19-49-39(27)24-44(4)23-30-15-17-37-38(20-30)51-26-50-37/h5-6,9,11-18,20-21,27-29,39,46H,7-8,10,19,22-26H2,1-4H3,(H2,42,43,48)/t27-,28+,29+,39-/m1/s1. The van der Waals surface area contributed by atoms with Gasteiger partial charge in [-0.05, 0) is 87.5 Å². The van der Waals surface area contributed by atoms with Crippen LogP contribution in [0, 0.1) is 5.92 Å². The molecule has 4 aromatic carbocycles. The summed E-state index contributed by atoms with van der Waals surface area (Å²) < 4.78 is 24.0. The molecule has 276 valence electrons. The van der Waals surface area contributed by atoms with E-state index in [-0.39, 0.29) is 37.4 Å². The Bertz CT molecular complexity index is 1850. The summed E-state index contributed by atoms with van der Waals surface area (Å²) in [7, 11) is 2.06. The molecule has 3 amide bonds. The molecule has 0 aromatic heterocycles. The number of hydrogen-bond acceptors (Lipinski definition) is 8. The fourth-order valence-corrected chi connectivity index (χ4v) is 6.80. The maximum absolute atomic E-state index is 14.5. The SMILES string of the molecule is C[C@@H]1CN([C@@H](C)CO)C(=O)c2cc(NC(=O)Nc3cccc4ccccc34)ccc2O[C@@H](C)CCCCO[C@@H]1CN(C)Cc1ccc2c(c1)OCO2. The molecular formula is C41H50N4O7. The van der Waals surface area contributed by atoms with Crippen LogP contribution in [0.25, 0.3) is 10.8 Å². The Hall–Kier alpha value is -4.84. The van der Waals surface area contributed by atoms with E-state index in [0.29, 0.717) is 48.9 Å². The third-order valence-electron chi connectivity index (χ3n) is 9.73. The number of nitrogens with zero attached hydrogens (tertiary/aromatic N) is 2. The molecule has 0 unspecified atom stereocenters. The zero-order chi connectivity index (χ0) is 36.6. The van der Waals surface area contributed by atoms with E-state index in [1.54, 1.807) is 23.1 Å². The molecule has 52 heavy (non-hydrogen) atoms. The van der Waals surface area contributed by atoms with Gasteiger partial charge in [0.1, 0.15) is 5.75 Å². The van der Waals surface area contributed by atoms with E-state index in [9.17, 15) is 14.7 Å². The number of carbonyl (C=O) groups excluding carboxylic acids is 2. The van der Waals surface area contributed by atoms with E-state index in [1.807, 2.05) is 74.5 Å². The van der Waals surface area contributed by atoms with Crippen molar-refractivity contribution in [2.75, 3.05) is 50.8 Å². The number of nitrogens with one attached hydrogen (secondary N) is 2. The number of ether oxygens (including phenoxy) is 4. The van der Waals surface area contributed by atoms with Gasteiger partial charge < -0.3 is 39.6 Å². The molecule has 6 rings (SSSR count). The second kappa shape index (κ2) is 17.1. The highest BCUT2D eigenvalue weighted by atomic mass is 16.7. The van der Waals surface area contributed by atoms with Gasteiger partial charge in [0.15, 0.2) is 11.5 Å². The molecule has 3 N–H and O–H groups in total. The molecule has 11 heteroatoms. The zero-order valence-corrected chi connectivity index (χ0v) is 30.5. The highest BCUT2D eigenvalue weighted by Gasteiger charge is 2.30. The molecule has 0 saturated heterocycles. The maximum atomic E-state index is 14.5. The fraction of sp³-hybridized carbons (Fsp3) is 0.415. The topological polar surface area (TPSA) is 122 Å². The number of fused-ring (bicyclic) bond motifs is 3. The quantitative estimate of drug-likeness (QED) is 0.177. The number of likely N-dealkylation sites (N-methyl/N-ethyl adjacent to an activating group) is 1. The van der Waals surface area contributed by atoms with Crippen LogP contribution in [0.4, 0.5) is 16.2 Å². The average molecular weight is 711 g/mol. The van der Waals surface area contributed by atoms with Crippen LogP contribution < -0.4 is 24.8 Å². The van der Waals surface area contributed by atoms with Crippen molar-refractivity contribution in [1.82, 2.24) is 9.80 Å². The van der Waals surface area contributed by atoms with Gasteiger partial charge in [0, 0.05) is 43.2 Å². The second-order valence-electron chi connectivity index (χ2n) is 14.0. The Kier molecular flexibility index (Phi) is 12.2. The monoisotopic (exact) mass is 710 g/mol. The zero-order valence-electron chi connectivity index (χ0n) is 30.5. The first kappa shape index (κ1) is 36.9. The van der Waals surface area contributed by atoms with Crippen LogP contribution in [-0.4, -0.2) is 85.2 Å². The van der Waals surface area contributed by atoms with Crippen LogP contribution in [0.5, 0.6) is 17.2 Å². The minimum atomic E-state index is -0.480. The smallest absolute Gasteiger partial charge is 0.323 e. The molecule has 0 aliphatic carbocycles. The average Bonchev–Trinajstić information content (AvgIpc) is 3.61. The van der Waals surface area contributed by atoms with Crippen LogP contribution in [-0.2, 0) is 11.3 Å². The van der Waals surface area contributed by atoms with E-state index in [0.717, 1.165) is 47.1 Å². The van der Waals surface area contributed by atoms with Gasteiger partial charge in [-0.3, -0.25) is 9.69 Å². The Balaban J connectivity index is 1.22. The summed E-state index contributed by atoms with van der Waals surface area (Å²) in [6.07, 6.45) is 2.22. The summed E-state index contributed by atoms with van der Waals surface area (Å²) in [6, 6.07) is 23.8. The fourth-order valence-electron chi connectivity index (χ4n) is 6.80. The maximum Gasteiger partial charge on any atom is 0.323 e. The molecule has 2 aliphatic heterocycles. The summed E-state index contributed by atoms with van der Waals surface area (Å²) in [4.78, 5) is 31.7. The molecule has 0 saturated carbocycles. The number of anilines is 2. The summed E-state index contributed by atoms with van der Waals surface area (Å²) in [5, 5.41) is 18.1. The molecule has 0 radical (unpaired) electrons.